The number of amides is 1. The fourth-order valence-corrected chi connectivity index (χ4v) is 6.36. The van der Waals surface area contributed by atoms with Gasteiger partial charge in [0.1, 0.15) is 4.75 Å². The molecule has 35 heavy (non-hydrogen) atoms. The second-order valence-electron chi connectivity index (χ2n) is 11.1. The molecule has 1 aromatic rings. The van der Waals surface area contributed by atoms with Gasteiger partial charge in [-0.3, -0.25) is 9.59 Å². The Kier molecular flexibility index (Phi) is 11.4. The first-order chi connectivity index (χ1) is 16.8. The summed E-state index contributed by atoms with van der Waals surface area (Å²) in [5.41, 5.74) is 1.20. The van der Waals surface area contributed by atoms with E-state index in [0.717, 1.165) is 49.5 Å². The Labute approximate surface area is 216 Å². The number of hydrogen-bond donors (Lipinski definition) is 3. The van der Waals surface area contributed by atoms with Gasteiger partial charge in [0.15, 0.2) is 0 Å². The van der Waals surface area contributed by atoms with Crippen molar-refractivity contribution in [1.82, 2.24) is 10.6 Å². The molecular weight excluding hydrogens is 456 g/mol. The zero-order valence-corrected chi connectivity index (χ0v) is 22.6. The van der Waals surface area contributed by atoms with Gasteiger partial charge in [-0.1, -0.05) is 76.3 Å². The number of carboxylic acid groups (broad SMARTS) is 1. The Morgan fingerprint density at radius 1 is 1.00 bits per heavy atom. The van der Waals surface area contributed by atoms with Gasteiger partial charge in [-0.05, 0) is 69.7 Å². The summed E-state index contributed by atoms with van der Waals surface area (Å²) in [5, 5.41) is 16.3. The Morgan fingerprint density at radius 2 is 1.63 bits per heavy atom. The first-order valence-electron chi connectivity index (χ1n) is 13.9. The summed E-state index contributed by atoms with van der Waals surface area (Å²) in [6.07, 6.45) is 17.0. The van der Waals surface area contributed by atoms with Crippen LogP contribution >= 0.6 is 11.8 Å². The number of aliphatic carboxylic acids is 1. The molecule has 2 fully saturated rings. The van der Waals surface area contributed by atoms with E-state index in [1.54, 1.807) is 13.8 Å². The van der Waals surface area contributed by atoms with Crippen LogP contribution in [0.2, 0.25) is 0 Å². The van der Waals surface area contributed by atoms with E-state index in [2.05, 4.69) is 22.8 Å². The lowest BCUT2D eigenvalue weighted by Gasteiger charge is -2.27. The molecule has 1 unspecified atom stereocenters. The second-order valence-corrected chi connectivity index (χ2v) is 12.8. The Bertz CT molecular complexity index is 784. The molecule has 0 aliphatic heterocycles. The third kappa shape index (κ3) is 9.80. The zero-order chi connectivity index (χ0) is 25.1. The summed E-state index contributed by atoms with van der Waals surface area (Å²) in [5.74, 6) is 0.230. The summed E-state index contributed by atoms with van der Waals surface area (Å²) in [4.78, 5) is 25.5. The van der Waals surface area contributed by atoms with Gasteiger partial charge in [0, 0.05) is 10.9 Å². The molecular formula is C29H46N2O3S. The van der Waals surface area contributed by atoms with Crippen LogP contribution in [0.3, 0.4) is 0 Å². The van der Waals surface area contributed by atoms with Crippen molar-refractivity contribution < 1.29 is 14.7 Å². The average Bonchev–Trinajstić information content (AvgIpc) is 2.85. The van der Waals surface area contributed by atoms with Crippen molar-refractivity contribution in [1.29, 1.82) is 0 Å². The van der Waals surface area contributed by atoms with Crippen LogP contribution in [0, 0.1) is 5.92 Å². The van der Waals surface area contributed by atoms with Crippen molar-refractivity contribution in [3.05, 3.63) is 29.8 Å². The highest BCUT2D eigenvalue weighted by atomic mass is 32.2. The summed E-state index contributed by atoms with van der Waals surface area (Å²) < 4.78 is -0.848. The third-order valence-electron chi connectivity index (χ3n) is 7.71. The van der Waals surface area contributed by atoms with Gasteiger partial charge in [0.25, 0.3) is 0 Å². The van der Waals surface area contributed by atoms with Crippen molar-refractivity contribution in [2.24, 2.45) is 5.92 Å². The van der Waals surface area contributed by atoms with Crippen molar-refractivity contribution in [3.8, 4) is 0 Å². The minimum atomic E-state index is -0.848. The fraction of sp³-hybridized carbons (Fsp3) is 0.724. The molecule has 0 spiro atoms. The van der Waals surface area contributed by atoms with Gasteiger partial charge in [0.2, 0.25) is 5.91 Å². The van der Waals surface area contributed by atoms with Crippen LogP contribution in [0.25, 0.3) is 0 Å². The molecule has 1 amide bonds. The lowest BCUT2D eigenvalue weighted by Crippen LogP contribution is -2.48. The highest BCUT2D eigenvalue weighted by Crippen LogP contribution is 2.32. The molecule has 3 N–H and O–H groups in total. The predicted molar refractivity (Wildman–Crippen MR) is 145 cm³/mol. The van der Waals surface area contributed by atoms with Gasteiger partial charge >= 0.3 is 5.97 Å². The van der Waals surface area contributed by atoms with E-state index < -0.39 is 10.7 Å². The third-order valence-corrected chi connectivity index (χ3v) is 8.91. The van der Waals surface area contributed by atoms with Crippen molar-refractivity contribution in [2.75, 3.05) is 6.54 Å². The van der Waals surface area contributed by atoms with Crippen molar-refractivity contribution >= 4 is 23.6 Å². The maximum atomic E-state index is 13.1. The summed E-state index contributed by atoms with van der Waals surface area (Å²) in [7, 11) is 0. The van der Waals surface area contributed by atoms with Crippen LogP contribution < -0.4 is 10.6 Å². The number of carbonyl (C=O) groups is 2. The average molecular weight is 503 g/mol. The molecule has 2 aliphatic rings. The van der Waals surface area contributed by atoms with Gasteiger partial charge in [0.05, 0.1) is 6.04 Å². The molecule has 0 aromatic heterocycles. The standard InChI is InChI=1S/C29H46N2O3S/c1-29(2,28(33)34)35-25-18-16-23(17-19-25)20-21-30-26(15-9-12-22-10-5-3-6-11-22)27(32)31-24-13-7-4-8-14-24/h16-19,22,24,26,30H,3-15,20-21H2,1-2H3,(H,31,32)(H,33,34). The molecule has 196 valence electrons. The first-order valence-corrected chi connectivity index (χ1v) is 14.7. The van der Waals surface area contributed by atoms with E-state index in [-0.39, 0.29) is 11.9 Å². The Balaban J connectivity index is 1.48. The van der Waals surface area contributed by atoms with E-state index in [4.69, 9.17) is 0 Å². The molecule has 0 saturated heterocycles. The number of carbonyl (C=O) groups excluding carboxylic acids is 1. The van der Waals surface area contributed by atoms with Gasteiger partial charge < -0.3 is 15.7 Å². The SMILES string of the molecule is CC(C)(Sc1ccc(CCNC(CCCC2CCCCC2)C(=O)NC2CCCCC2)cc1)C(=O)O. The number of carboxylic acids is 1. The van der Waals surface area contributed by atoms with E-state index in [9.17, 15) is 14.7 Å². The normalized spacial score (nSPS) is 18.8. The molecule has 2 aliphatic carbocycles. The maximum absolute atomic E-state index is 13.1. The van der Waals surface area contributed by atoms with Crippen molar-refractivity contribution in [3.63, 3.8) is 0 Å². The minimum Gasteiger partial charge on any atom is -0.480 e. The first kappa shape index (κ1) is 28.0. The van der Waals surface area contributed by atoms with E-state index in [1.807, 2.05) is 12.1 Å². The van der Waals surface area contributed by atoms with E-state index in [1.165, 1.54) is 75.1 Å². The lowest BCUT2D eigenvalue weighted by atomic mass is 9.85. The van der Waals surface area contributed by atoms with Crippen molar-refractivity contribution in [2.45, 2.75) is 125 Å². The van der Waals surface area contributed by atoms with E-state index in [0.29, 0.717) is 6.04 Å². The van der Waals surface area contributed by atoms with Crippen LogP contribution in [-0.2, 0) is 16.0 Å². The van der Waals surface area contributed by atoms with Gasteiger partial charge in [-0.2, -0.15) is 0 Å². The van der Waals surface area contributed by atoms with Crippen LogP contribution in [-0.4, -0.2) is 40.4 Å². The summed E-state index contributed by atoms with van der Waals surface area (Å²) in [6.45, 7) is 4.22. The maximum Gasteiger partial charge on any atom is 0.319 e. The van der Waals surface area contributed by atoms with Crippen LogP contribution in [0.1, 0.15) is 103 Å². The number of rotatable bonds is 13. The lowest BCUT2D eigenvalue weighted by molar-refractivity contribution is -0.138. The fourth-order valence-electron chi connectivity index (χ4n) is 5.41. The second kappa shape index (κ2) is 14.3. The molecule has 2 saturated carbocycles. The van der Waals surface area contributed by atoms with Crippen LogP contribution in [0.5, 0.6) is 0 Å². The largest absolute Gasteiger partial charge is 0.480 e. The molecule has 3 rings (SSSR count). The molecule has 0 radical (unpaired) electrons. The van der Waals surface area contributed by atoms with Crippen LogP contribution in [0.15, 0.2) is 29.2 Å². The molecule has 1 atom stereocenters. The number of thioether (sulfide) groups is 1. The van der Waals surface area contributed by atoms with Gasteiger partial charge in [-0.15, -0.1) is 11.8 Å². The Morgan fingerprint density at radius 3 is 2.26 bits per heavy atom. The Hall–Kier alpha value is -1.53. The molecule has 0 bridgehead atoms. The number of nitrogens with one attached hydrogen (secondary N) is 2. The topological polar surface area (TPSA) is 78.4 Å². The molecule has 6 heteroatoms. The monoisotopic (exact) mass is 502 g/mol. The molecule has 0 heterocycles. The summed E-state index contributed by atoms with van der Waals surface area (Å²) in [6, 6.07) is 8.37. The zero-order valence-electron chi connectivity index (χ0n) is 21.8. The molecule has 5 nitrogen and oxygen atoms in total. The quantitative estimate of drug-likeness (QED) is 0.274. The minimum absolute atomic E-state index is 0.119. The van der Waals surface area contributed by atoms with Gasteiger partial charge in [-0.25, -0.2) is 0 Å². The van der Waals surface area contributed by atoms with Crippen LogP contribution in [0.4, 0.5) is 0 Å². The predicted octanol–water partition coefficient (Wildman–Crippen LogP) is 6.34. The summed E-state index contributed by atoms with van der Waals surface area (Å²) >= 11 is 1.36. The number of hydrogen-bond acceptors (Lipinski definition) is 4. The van der Waals surface area contributed by atoms with E-state index >= 15 is 0 Å². The smallest absolute Gasteiger partial charge is 0.319 e. The number of benzene rings is 1. The highest BCUT2D eigenvalue weighted by molar-refractivity contribution is 8.01. The molecule has 1 aromatic carbocycles. The highest BCUT2D eigenvalue weighted by Gasteiger charge is 2.28.